The largest absolute Gasteiger partial charge is 0.416 e. The number of aromatic nitrogens is 1. The molecule has 1 aliphatic heterocycles. The molecule has 1 fully saturated rings. The Kier molecular flexibility index (Phi) is 8.84. The molecule has 2 heterocycles. The molecule has 4 nitrogen and oxygen atoms in total. The van der Waals surface area contributed by atoms with Crippen LogP contribution in [0.1, 0.15) is 130 Å². The number of nitrogens with zero attached hydrogens (tertiary/aromatic N) is 1. The number of fused-ring (bicyclic) bond motifs is 1. The highest BCUT2D eigenvalue weighted by molar-refractivity contribution is 6.74. The number of hydrogen-bond acceptors (Lipinski definition) is 4. The van der Waals surface area contributed by atoms with Crippen molar-refractivity contribution in [2.75, 3.05) is 13.2 Å². The Morgan fingerprint density at radius 2 is 1.67 bits per heavy atom. The topological polar surface area (TPSA) is 51.6 Å². The molecule has 1 aromatic heterocycles. The Labute approximate surface area is 256 Å². The average Bonchev–Trinajstić information content (AvgIpc) is 3.45. The van der Waals surface area contributed by atoms with Gasteiger partial charge in [-0.1, -0.05) is 58.9 Å². The van der Waals surface area contributed by atoms with Crippen LogP contribution in [0.25, 0.3) is 0 Å². The highest BCUT2D eigenvalue weighted by Crippen LogP contribution is 2.53. The number of hydrogen-bond donors (Lipinski definition) is 1. The maximum atomic E-state index is 13.4. The second-order valence-corrected chi connectivity index (χ2v) is 19.9. The lowest BCUT2D eigenvalue weighted by molar-refractivity contribution is -0.137. The number of ether oxygens (including phenoxy) is 1. The van der Waals surface area contributed by atoms with Gasteiger partial charge in [0.15, 0.2) is 8.32 Å². The van der Waals surface area contributed by atoms with Crippen LogP contribution in [0.2, 0.25) is 18.1 Å². The van der Waals surface area contributed by atoms with Crippen molar-refractivity contribution in [2.24, 2.45) is 5.41 Å². The predicted octanol–water partition coefficient (Wildman–Crippen LogP) is 9.54. The first-order valence-electron chi connectivity index (χ1n) is 15.8. The highest BCUT2D eigenvalue weighted by atomic mass is 28.4. The molecule has 2 aliphatic carbocycles. The van der Waals surface area contributed by atoms with E-state index in [1.54, 1.807) is 0 Å². The Morgan fingerprint density at radius 1 is 1.02 bits per heavy atom. The van der Waals surface area contributed by atoms with Gasteiger partial charge in [0.2, 0.25) is 0 Å². The van der Waals surface area contributed by atoms with Gasteiger partial charge in [0.05, 0.1) is 17.4 Å². The van der Waals surface area contributed by atoms with Crippen molar-refractivity contribution in [3.63, 3.8) is 0 Å². The molecular weight excluding hydrogens is 567 g/mol. The molecule has 236 valence electrons. The molecule has 1 saturated heterocycles. The van der Waals surface area contributed by atoms with Gasteiger partial charge in [-0.25, -0.2) is 0 Å². The Hall–Kier alpha value is -2.00. The lowest BCUT2D eigenvalue weighted by atomic mass is 9.70. The van der Waals surface area contributed by atoms with E-state index in [0.29, 0.717) is 18.8 Å². The molecule has 3 atom stereocenters. The Bertz CT molecular complexity index is 1340. The Balaban J connectivity index is 1.76. The van der Waals surface area contributed by atoms with Gasteiger partial charge in [0.1, 0.15) is 6.10 Å². The van der Waals surface area contributed by atoms with Crippen LogP contribution in [-0.2, 0) is 21.8 Å². The minimum Gasteiger partial charge on any atom is -0.410 e. The SMILES string of the molecule is CC1(C)Cc2nc(C3CCOCC3)c([C@@H](O)c3ccc(C(F)(F)F)cc3)c(C3C=CCC3)c2C(O[Si](C)(C)C(C)(C)C)C1. The summed E-state index contributed by atoms with van der Waals surface area (Å²) < 4.78 is 53.2. The second kappa shape index (κ2) is 11.7. The van der Waals surface area contributed by atoms with Crippen LogP contribution in [-0.4, -0.2) is 31.6 Å². The molecule has 2 unspecified atom stereocenters. The molecule has 0 radical (unpaired) electrons. The van der Waals surface area contributed by atoms with Gasteiger partial charge >= 0.3 is 6.18 Å². The molecular formula is C35H48F3NO3Si. The van der Waals surface area contributed by atoms with Crippen molar-refractivity contribution in [3.8, 4) is 0 Å². The maximum Gasteiger partial charge on any atom is 0.416 e. The summed E-state index contributed by atoms with van der Waals surface area (Å²) >= 11 is 0. The summed E-state index contributed by atoms with van der Waals surface area (Å²) in [4.78, 5) is 5.43. The van der Waals surface area contributed by atoms with Crippen LogP contribution in [0.5, 0.6) is 0 Å². The molecule has 0 bridgehead atoms. The third-order valence-electron chi connectivity index (χ3n) is 10.2. The van der Waals surface area contributed by atoms with Crippen molar-refractivity contribution < 1.29 is 27.4 Å². The first-order valence-corrected chi connectivity index (χ1v) is 18.7. The fourth-order valence-electron chi connectivity index (χ4n) is 6.82. The number of benzene rings is 1. The minimum absolute atomic E-state index is 0.0141. The zero-order valence-corrected chi connectivity index (χ0v) is 27.8. The molecule has 1 aromatic carbocycles. The lowest BCUT2D eigenvalue weighted by Crippen LogP contribution is -2.44. The van der Waals surface area contributed by atoms with Crippen LogP contribution in [0.3, 0.4) is 0 Å². The summed E-state index contributed by atoms with van der Waals surface area (Å²) in [5.41, 5.74) is 4.62. The fourth-order valence-corrected chi connectivity index (χ4v) is 8.09. The van der Waals surface area contributed by atoms with E-state index in [9.17, 15) is 18.3 Å². The smallest absolute Gasteiger partial charge is 0.410 e. The quantitative estimate of drug-likeness (QED) is 0.260. The standard InChI is InChI=1S/C35H48F3NO3Si/c1-33(2,3)43(6,7)42-27-21-34(4,5)20-26-29(27)28(22-10-8-9-11-22)30(31(39-26)23-16-18-41-19-17-23)32(40)24-12-14-25(15-13-24)35(36,37)38/h8,10,12-15,22-23,27,32,40H,9,11,16-21H2,1-7H3/t22?,27?,32-/m0/s1. The second-order valence-electron chi connectivity index (χ2n) is 15.1. The van der Waals surface area contributed by atoms with Crippen molar-refractivity contribution in [1.29, 1.82) is 0 Å². The normalized spacial score (nSPS) is 23.8. The molecule has 0 spiro atoms. The molecule has 0 amide bonds. The summed E-state index contributed by atoms with van der Waals surface area (Å²) in [6, 6.07) is 4.97. The fraction of sp³-hybridized carbons (Fsp3) is 0.629. The third-order valence-corrected chi connectivity index (χ3v) is 14.7. The van der Waals surface area contributed by atoms with Crippen LogP contribution in [0.15, 0.2) is 36.4 Å². The number of rotatable bonds is 6. The summed E-state index contributed by atoms with van der Waals surface area (Å²) in [5, 5.41) is 12.2. The zero-order chi connectivity index (χ0) is 31.4. The monoisotopic (exact) mass is 615 g/mol. The number of allylic oxidation sites excluding steroid dienone is 2. The number of pyridine rings is 1. The molecule has 2 aromatic rings. The van der Waals surface area contributed by atoms with Crippen molar-refractivity contribution >= 4 is 8.32 Å². The first kappa shape index (κ1) is 32.4. The molecule has 43 heavy (non-hydrogen) atoms. The van der Waals surface area contributed by atoms with E-state index in [0.717, 1.165) is 78.7 Å². The van der Waals surface area contributed by atoms with Crippen LogP contribution in [0, 0.1) is 5.41 Å². The van der Waals surface area contributed by atoms with E-state index in [-0.39, 0.29) is 28.4 Å². The van der Waals surface area contributed by atoms with Gasteiger partial charge in [-0.15, -0.1) is 0 Å². The number of halogens is 3. The zero-order valence-electron chi connectivity index (χ0n) is 26.8. The summed E-state index contributed by atoms with van der Waals surface area (Å²) in [6.45, 7) is 17.1. The van der Waals surface area contributed by atoms with E-state index in [2.05, 4.69) is 59.9 Å². The van der Waals surface area contributed by atoms with E-state index in [4.69, 9.17) is 14.1 Å². The molecule has 0 saturated carbocycles. The first-order chi connectivity index (χ1) is 20.0. The van der Waals surface area contributed by atoms with Crippen LogP contribution >= 0.6 is 0 Å². The van der Waals surface area contributed by atoms with Gasteiger partial charge in [-0.2, -0.15) is 13.2 Å². The Morgan fingerprint density at radius 3 is 2.23 bits per heavy atom. The van der Waals surface area contributed by atoms with Gasteiger partial charge in [0.25, 0.3) is 0 Å². The highest BCUT2D eigenvalue weighted by Gasteiger charge is 2.46. The average molecular weight is 616 g/mol. The van der Waals surface area contributed by atoms with E-state index < -0.39 is 26.2 Å². The van der Waals surface area contributed by atoms with Crippen LogP contribution < -0.4 is 0 Å². The van der Waals surface area contributed by atoms with E-state index in [1.807, 2.05) is 0 Å². The molecule has 3 aliphatic rings. The molecule has 8 heteroatoms. The van der Waals surface area contributed by atoms with Gasteiger partial charge < -0.3 is 14.3 Å². The van der Waals surface area contributed by atoms with Crippen molar-refractivity contribution in [2.45, 2.75) is 121 Å². The summed E-state index contributed by atoms with van der Waals surface area (Å²) in [7, 11) is -2.20. The number of alkyl halides is 3. The van der Waals surface area contributed by atoms with Crippen molar-refractivity contribution in [3.05, 3.63) is 75.6 Å². The molecule has 1 N–H and O–H groups in total. The third kappa shape index (κ3) is 6.68. The van der Waals surface area contributed by atoms with Crippen LogP contribution in [0.4, 0.5) is 13.2 Å². The number of aliphatic hydroxyl groups excluding tert-OH is 1. The van der Waals surface area contributed by atoms with Gasteiger partial charge in [0, 0.05) is 41.9 Å². The predicted molar refractivity (Wildman–Crippen MR) is 167 cm³/mol. The van der Waals surface area contributed by atoms with Crippen molar-refractivity contribution in [1.82, 2.24) is 4.98 Å². The maximum absolute atomic E-state index is 13.4. The number of aliphatic hydroxyl groups is 1. The molecule has 5 rings (SSSR count). The van der Waals surface area contributed by atoms with Gasteiger partial charge in [-0.05, 0) is 85.3 Å². The van der Waals surface area contributed by atoms with E-state index >= 15 is 0 Å². The van der Waals surface area contributed by atoms with E-state index in [1.165, 1.54) is 12.1 Å². The summed E-state index contributed by atoms with van der Waals surface area (Å²) in [6.07, 6.45) is 3.87. The minimum atomic E-state index is -4.44. The van der Waals surface area contributed by atoms with Gasteiger partial charge in [-0.3, -0.25) is 4.98 Å². The summed E-state index contributed by atoms with van der Waals surface area (Å²) in [5.74, 6) is 0.188. The lowest BCUT2D eigenvalue weighted by Gasteiger charge is -2.46.